The number of aromatic nitrogens is 1. The van der Waals surface area contributed by atoms with Gasteiger partial charge in [0.05, 0.1) is 7.11 Å². The van der Waals surface area contributed by atoms with Crippen molar-refractivity contribution < 1.29 is 17.9 Å². The van der Waals surface area contributed by atoms with Crippen LogP contribution in [0.3, 0.4) is 0 Å². The lowest BCUT2D eigenvalue weighted by Gasteiger charge is -2.11. The van der Waals surface area contributed by atoms with Crippen LogP contribution in [0.15, 0.2) is 23.2 Å². The van der Waals surface area contributed by atoms with Gasteiger partial charge in [-0.05, 0) is 26.1 Å². The van der Waals surface area contributed by atoms with Crippen LogP contribution in [0.1, 0.15) is 17.4 Å². The van der Waals surface area contributed by atoms with Gasteiger partial charge < -0.3 is 10.1 Å². The molecule has 1 aromatic heterocycles. The highest BCUT2D eigenvalue weighted by Gasteiger charge is 2.16. The van der Waals surface area contributed by atoms with Gasteiger partial charge >= 0.3 is 5.97 Å². The van der Waals surface area contributed by atoms with Crippen molar-refractivity contribution >= 4 is 16.0 Å². The topological polar surface area (TPSA) is 97.4 Å². The Kier molecular flexibility index (Phi) is 5.40. The van der Waals surface area contributed by atoms with Crippen LogP contribution < -0.4 is 10.0 Å². The summed E-state index contributed by atoms with van der Waals surface area (Å²) in [6, 6.07) is 2.63. The highest BCUT2D eigenvalue weighted by Crippen LogP contribution is 2.08. The molecule has 8 heteroatoms. The summed E-state index contributed by atoms with van der Waals surface area (Å²) in [6.07, 6.45) is 1.12. The molecule has 0 saturated heterocycles. The fourth-order valence-electron chi connectivity index (χ4n) is 1.18. The lowest BCUT2D eigenvalue weighted by molar-refractivity contribution is 0.0594. The Bertz CT molecular complexity index is 527. The van der Waals surface area contributed by atoms with Crippen molar-refractivity contribution in [2.75, 3.05) is 20.7 Å². The number of nitrogens with one attached hydrogen (secondary N) is 2. The monoisotopic (exact) mass is 287 g/mol. The summed E-state index contributed by atoms with van der Waals surface area (Å²) in [5, 5.41) is 2.92. The standard InChI is InChI=1S/C11H17N3O4S/c1-8(12-2)6-14-19(16,17)9-4-5-10(13-7-9)11(15)18-3/h4-5,7-8,12,14H,6H2,1-3H3. The molecular weight excluding hydrogens is 270 g/mol. The second-order valence-electron chi connectivity index (χ2n) is 3.91. The first-order valence-electron chi connectivity index (χ1n) is 5.62. The number of rotatable bonds is 6. The Balaban J connectivity index is 2.82. The SMILES string of the molecule is CNC(C)CNS(=O)(=O)c1ccc(C(=O)OC)nc1. The van der Waals surface area contributed by atoms with Crippen molar-refractivity contribution in [1.82, 2.24) is 15.0 Å². The molecule has 2 N–H and O–H groups in total. The van der Waals surface area contributed by atoms with Crippen LogP contribution in [-0.4, -0.2) is 46.1 Å². The van der Waals surface area contributed by atoms with Gasteiger partial charge in [0.15, 0.2) is 0 Å². The number of carbonyl (C=O) groups excluding carboxylic acids is 1. The van der Waals surface area contributed by atoms with Gasteiger partial charge in [0.25, 0.3) is 0 Å². The molecule has 0 aliphatic heterocycles. The molecular formula is C11H17N3O4S. The van der Waals surface area contributed by atoms with E-state index in [1.54, 1.807) is 7.05 Å². The highest BCUT2D eigenvalue weighted by atomic mass is 32.2. The second kappa shape index (κ2) is 6.60. The minimum absolute atomic E-state index is 0.00320. The summed E-state index contributed by atoms with van der Waals surface area (Å²) in [5.74, 6) is -0.610. The van der Waals surface area contributed by atoms with E-state index in [1.807, 2.05) is 6.92 Å². The number of hydrogen-bond donors (Lipinski definition) is 2. The van der Waals surface area contributed by atoms with E-state index in [4.69, 9.17) is 0 Å². The average Bonchev–Trinajstić information content (AvgIpc) is 2.44. The van der Waals surface area contributed by atoms with Gasteiger partial charge in [0.2, 0.25) is 10.0 Å². The van der Waals surface area contributed by atoms with E-state index < -0.39 is 16.0 Å². The maximum absolute atomic E-state index is 11.9. The molecule has 1 aromatic rings. The number of pyridine rings is 1. The number of esters is 1. The van der Waals surface area contributed by atoms with Crippen molar-refractivity contribution in [3.63, 3.8) is 0 Å². The van der Waals surface area contributed by atoms with Crippen molar-refractivity contribution in [1.29, 1.82) is 0 Å². The molecule has 0 spiro atoms. The van der Waals surface area contributed by atoms with E-state index in [1.165, 1.54) is 19.2 Å². The van der Waals surface area contributed by atoms with E-state index in [0.29, 0.717) is 0 Å². The highest BCUT2D eigenvalue weighted by molar-refractivity contribution is 7.89. The minimum atomic E-state index is -3.62. The largest absolute Gasteiger partial charge is 0.464 e. The van der Waals surface area contributed by atoms with Gasteiger partial charge in [-0.25, -0.2) is 22.9 Å². The molecule has 0 aromatic carbocycles. The maximum Gasteiger partial charge on any atom is 0.356 e. The Labute approximate surface area is 112 Å². The van der Waals surface area contributed by atoms with Crippen LogP contribution in [0.25, 0.3) is 0 Å². The van der Waals surface area contributed by atoms with Crippen LogP contribution in [0, 0.1) is 0 Å². The number of methoxy groups -OCH3 is 1. The first-order valence-corrected chi connectivity index (χ1v) is 7.10. The smallest absolute Gasteiger partial charge is 0.356 e. The van der Waals surface area contributed by atoms with Crippen LogP contribution >= 0.6 is 0 Å². The molecule has 0 fully saturated rings. The summed E-state index contributed by atoms with van der Waals surface area (Å²) in [7, 11) is -0.646. The van der Waals surface area contributed by atoms with Crippen LogP contribution in [0.2, 0.25) is 0 Å². The summed E-state index contributed by atoms with van der Waals surface area (Å²) >= 11 is 0. The summed E-state index contributed by atoms with van der Waals surface area (Å²) in [4.78, 5) is 14.9. The molecule has 0 amide bonds. The van der Waals surface area contributed by atoms with Gasteiger partial charge in [-0.2, -0.15) is 0 Å². The van der Waals surface area contributed by atoms with Gasteiger partial charge in [0, 0.05) is 18.8 Å². The zero-order valence-electron chi connectivity index (χ0n) is 11.0. The van der Waals surface area contributed by atoms with Crippen LogP contribution in [0.4, 0.5) is 0 Å². The molecule has 0 aliphatic carbocycles. The second-order valence-corrected chi connectivity index (χ2v) is 5.68. The molecule has 0 bridgehead atoms. The first-order chi connectivity index (χ1) is 8.90. The molecule has 1 heterocycles. The van der Waals surface area contributed by atoms with E-state index >= 15 is 0 Å². The Morgan fingerprint density at radius 1 is 1.47 bits per heavy atom. The van der Waals surface area contributed by atoms with Gasteiger partial charge in [-0.1, -0.05) is 0 Å². The number of likely N-dealkylation sites (N-methyl/N-ethyl adjacent to an activating group) is 1. The average molecular weight is 287 g/mol. The summed E-state index contributed by atoms with van der Waals surface area (Å²) in [6.45, 7) is 2.11. The Hall–Kier alpha value is -1.51. The maximum atomic E-state index is 11.9. The quantitative estimate of drug-likeness (QED) is 0.701. The molecule has 1 rings (SSSR count). The molecule has 0 radical (unpaired) electrons. The molecule has 0 saturated carbocycles. The van der Waals surface area contributed by atoms with Gasteiger partial charge in [-0.15, -0.1) is 0 Å². The number of sulfonamides is 1. The van der Waals surface area contributed by atoms with Crippen molar-refractivity contribution in [3.05, 3.63) is 24.0 Å². The van der Waals surface area contributed by atoms with Crippen molar-refractivity contribution in [3.8, 4) is 0 Å². The van der Waals surface area contributed by atoms with E-state index in [9.17, 15) is 13.2 Å². The van der Waals surface area contributed by atoms with Crippen LogP contribution in [-0.2, 0) is 14.8 Å². The predicted octanol–water partition coefficient (Wildman–Crippen LogP) is -0.246. The minimum Gasteiger partial charge on any atom is -0.464 e. The molecule has 7 nitrogen and oxygen atoms in total. The summed E-state index contributed by atoms with van der Waals surface area (Å²) < 4.78 is 30.7. The fourth-order valence-corrected chi connectivity index (χ4v) is 2.26. The summed E-state index contributed by atoms with van der Waals surface area (Å²) in [5.41, 5.74) is 0.0602. The van der Waals surface area contributed by atoms with E-state index in [0.717, 1.165) is 6.20 Å². The zero-order valence-corrected chi connectivity index (χ0v) is 11.8. The number of carbonyl (C=O) groups is 1. The fraction of sp³-hybridized carbons (Fsp3) is 0.455. The van der Waals surface area contributed by atoms with Gasteiger partial charge in [0.1, 0.15) is 10.6 Å². The Morgan fingerprint density at radius 2 is 2.16 bits per heavy atom. The molecule has 0 aliphatic rings. The molecule has 1 atom stereocenters. The van der Waals surface area contributed by atoms with Crippen molar-refractivity contribution in [2.45, 2.75) is 17.9 Å². The third-order valence-corrected chi connectivity index (χ3v) is 3.92. The number of nitrogens with zero attached hydrogens (tertiary/aromatic N) is 1. The molecule has 19 heavy (non-hydrogen) atoms. The number of hydrogen-bond acceptors (Lipinski definition) is 6. The lowest BCUT2D eigenvalue weighted by Crippen LogP contribution is -2.37. The van der Waals surface area contributed by atoms with Crippen molar-refractivity contribution in [2.24, 2.45) is 0 Å². The zero-order chi connectivity index (χ0) is 14.5. The number of ether oxygens (including phenoxy) is 1. The van der Waals surface area contributed by atoms with E-state index in [-0.39, 0.29) is 23.2 Å². The van der Waals surface area contributed by atoms with E-state index in [2.05, 4.69) is 19.8 Å². The predicted molar refractivity (Wildman–Crippen MR) is 69.3 cm³/mol. The molecule has 106 valence electrons. The molecule has 1 unspecified atom stereocenters. The third-order valence-electron chi connectivity index (χ3n) is 2.51. The lowest BCUT2D eigenvalue weighted by atomic mass is 10.3. The normalized spacial score (nSPS) is 13.0. The van der Waals surface area contributed by atoms with Crippen LogP contribution in [0.5, 0.6) is 0 Å². The Morgan fingerprint density at radius 3 is 2.63 bits per heavy atom. The third kappa shape index (κ3) is 4.27. The van der Waals surface area contributed by atoms with Gasteiger partial charge in [-0.3, -0.25) is 0 Å². The first kappa shape index (κ1) is 15.5.